The molecular formula is C6H4O2. The molecule has 0 radical (unpaired) electrons. The van der Waals surface area contributed by atoms with Gasteiger partial charge in [0, 0.05) is 0 Å². The zero-order valence-electron chi connectivity index (χ0n) is 4.13. The molecule has 0 aromatic heterocycles. The van der Waals surface area contributed by atoms with E-state index in [2.05, 4.69) is 11.8 Å². The van der Waals surface area contributed by atoms with Crippen molar-refractivity contribution in [3.8, 4) is 11.8 Å². The van der Waals surface area contributed by atoms with Crippen molar-refractivity contribution >= 4 is 12.6 Å². The Labute approximate surface area is 47.2 Å². The second kappa shape index (κ2) is 5.64. The number of carbonyl (C=O) groups excluding carboxylic acids is 2. The predicted octanol–water partition coefficient (Wildman–Crippen LogP) is -0.0562. The van der Waals surface area contributed by atoms with Crippen LogP contribution in [0.25, 0.3) is 0 Å². The van der Waals surface area contributed by atoms with Crippen molar-refractivity contribution in [3.63, 3.8) is 0 Å². The smallest absolute Gasteiger partial charge is 0.193 e. The SMILES string of the molecule is O=CC#CC=CC=O. The lowest BCUT2D eigenvalue weighted by atomic mass is 10.5. The molecular weight excluding hydrogens is 104 g/mol. The van der Waals surface area contributed by atoms with Gasteiger partial charge in [-0.15, -0.1) is 0 Å². The summed E-state index contributed by atoms with van der Waals surface area (Å²) < 4.78 is 0. The molecule has 8 heavy (non-hydrogen) atoms. The van der Waals surface area contributed by atoms with Gasteiger partial charge < -0.3 is 0 Å². The Morgan fingerprint density at radius 3 is 2.38 bits per heavy atom. The summed E-state index contributed by atoms with van der Waals surface area (Å²) in [5, 5.41) is 0. The molecule has 0 fully saturated rings. The Morgan fingerprint density at radius 1 is 1.12 bits per heavy atom. The second-order valence-corrected chi connectivity index (χ2v) is 0.902. The first-order chi connectivity index (χ1) is 3.91. The van der Waals surface area contributed by atoms with Gasteiger partial charge in [0.15, 0.2) is 6.29 Å². The molecule has 0 spiro atoms. The number of aldehydes is 2. The third-order valence-electron chi connectivity index (χ3n) is 0.400. The molecule has 0 saturated heterocycles. The molecule has 0 heterocycles. The summed E-state index contributed by atoms with van der Waals surface area (Å²) in [6.07, 6.45) is 3.59. The molecule has 2 heteroatoms. The van der Waals surface area contributed by atoms with E-state index in [0.29, 0.717) is 12.6 Å². The van der Waals surface area contributed by atoms with Gasteiger partial charge in [0.25, 0.3) is 0 Å². The lowest BCUT2D eigenvalue weighted by Crippen LogP contribution is -1.59. The molecule has 0 rings (SSSR count). The van der Waals surface area contributed by atoms with Crippen molar-refractivity contribution in [1.29, 1.82) is 0 Å². The molecule has 0 N–H and O–H groups in total. The molecule has 0 saturated carbocycles. The van der Waals surface area contributed by atoms with Gasteiger partial charge in [0.2, 0.25) is 0 Å². The van der Waals surface area contributed by atoms with Gasteiger partial charge in [-0.05, 0) is 18.1 Å². The van der Waals surface area contributed by atoms with Gasteiger partial charge in [-0.25, -0.2) is 0 Å². The number of rotatable bonds is 1. The van der Waals surface area contributed by atoms with E-state index in [9.17, 15) is 9.59 Å². The summed E-state index contributed by atoms with van der Waals surface area (Å²) >= 11 is 0. The normalized spacial score (nSPS) is 7.50. The van der Waals surface area contributed by atoms with Crippen molar-refractivity contribution in [2.24, 2.45) is 0 Å². The van der Waals surface area contributed by atoms with Gasteiger partial charge in [0.1, 0.15) is 6.29 Å². The van der Waals surface area contributed by atoms with Crippen LogP contribution in [0.4, 0.5) is 0 Å². The van der Waals surface area contributed by atoms with Crippen LogP contribution in [0.1, 0.15) is 0 Å². The van der Waals surface area contributed by atoms with Crippen LogP contribution >= 0.6 is 0 Å². The zero-order valence-corrected chi connectivity index (χ0v) is 4.13. The van der Waals surface area contributed by atoms with Crippen molar-refractivity contribution in [3.05, 3.63) is 12.2 Å². The summed E-state index contributed by atoms with van der Waals surface area (Å²) in [7, 11) is 0. The van der Waals surface area contributed by atoms with E-state index in [0.717, 1.165) is 0 Å². The average molecular weight is 108 g/mol. The number of hydrogen-bond donors (Lipinski definition) is 0. The number of hydrogen-bond acceptors (Lipinski definition) is 2. The fourth-order valence-electron chi connectivity index (χ4n) is 0.170. The molecule has 0 aromatic carbocycles. The summed E-state index contributed by atoms with van der Waals surface area (Å²) in [4.78, 5) is 19.0. The minimum absolute atomic E-state index is 0.467. The first-order valence-electron chi connectivity index (χ1n) is 1.97. The maximum atomic E-state index is 9.53. The highest BCUT2D eigenvalue weighted by Gasteiger charge is 1.57. The Hall–Kier alpha value is -1.36. The van der Waals surface area contributed by atoms with Crippen LogP contribution in [0.5, 0.6) is 0 Å². The summed E-state index contributed by atoms with van der Waals surface area (Å²) in [6.45, 7) is 0. The van der Waals surface area contributed by atoms with Gasteiger partial charge in [-0.1, -0.05) is 5.92 Å². The van der Waals surface area contributed by atoms with E-state index in [1.807, 2.05) is 0 Å². The van der Waals surface area contributed by atoms with Gasteiger partial charge in [-0.3, -0.25) is 9.59 Å². The molecule has 0 atom stereocenters. The van der Waals surface area contributed by atoms with Crippen LogP contribution in [-0.4, -0.2) is 12.6 Å². The topological polar surface area (TPSA) is 34.1 Å². The van der Waals surface area contributed by atoms with Crippen molar-refractivity contribution in [1.82, 2.24) is 0 Å². The summed E-state index contributed by atoms with van der Waals surface area (Å²) in [6, 6.07) is 0. The molecule has 2 nitrogen and oxygen atoms in total. The first-order valence-corrected chi connectivity index (χ1v) is 1.97. The summed E-state index contributed by atoms with van der Waals surface area (Å²) in [5.74, 6) is 4.41. The van der Waals surface area contributed by atoms with E-state index >= 15 is 0 Å². The zero-order chi connectivity index (χ0) is 6.24. The van der Waals surface area contributed by atoms with E-state index < -0.39 is 0 Å². The highest BCUT2D eigenvalue weighted by molar-refractivity contribution is 5.74. The third kappa shape index (κ3) is 4.64. The van der Waals surface area contributed by atoms with Crippen molar-refractivity contribution in [2.45, 2.75) is 0 Å². The number of carbonyl (C=O) groups is 2. The van der Waals surface area contributed by atoms with E-state index in [1.54, 1.807) is 0 Å². The van der Waals surface area contributed by atoms with Crippen molar-refractivity contribution in [2.75, 3.05) is 0 Å². The largest absolute Gasteiger partial charge is 0.299 e. The average Bonchev–Trinajstić information content (AvgIpc) is 1.81. The molecule has 0 aromatic rings. The van der Waals surface area contributed by atoms with Gasteiger partial charge in [0.05, 0.1) is 0 Å². The highest BCUT2D eigenvalue weighted by Crippen LogP contribution is 1.59. The monoisotopic (exact) mass is 108 g/mol. The highest BCUT2D eigenvalue weighted by atomic mass is 16.1. The van der Waals surface area contributed by atoms with Gasteiger partial charge >= 0.3 is 0 Å². The van der Waals surface area contributed by atoms with Crippen LogP contribution in [0.3, 0.4) is 0 Å². The van der Waals surface area contributed by atoms with Gasteiger partial charge in [-0.2, -0.15) is 0 Å². The summed E-state index contributed by atoms with van der Waals surface area (Å²) in [5.41, 5.74) is 0. The Bertz CT molecular complexity index is 157. The molecule has 0 amide bonds. The Kier molecular flexibility index (Phi) is 4.68. The maximum Gasteiger partial charge on any atom is 0.193 e. The predicted molar refractivity (Wildman–Crippen MR) is 29.0 cm³/mol. The van der Waals surface area contributed by atoms with Crippen LogP contribution in [0.15, 0.2) is 12.2 Å². The maximum absolute atomic E-state index is 9.53. The van der Waals surface area contributed by atoms with E-state index in [1.165, 1.54) is 12.2 Å². The minimum Gasteiger partial charge on any atom is -0.299 e. The lowest BCUT2D eigenvalue weighted by molar-refractivity contribution is -0.104. The Balaban J connectivity index is 3.56. The quantitative estimate of drug-likeness (QED) is 0.268. The molecule has 0 aliphatic heterocycles. The van der Waals surface area contributed by atoms with Crippen molar-refractivity contribution < 1.29 is 9.59 Å². The molecule has 0 aliphatic carbocycles. The second-order valence-electron chi connectivity index (χ2n) is 0.902. The molecule has 0 bridgehead atoms. The van der Waals surface area contributed by atoms with E-state index in [-0.39, 0.29) is 0 Å². The molecule has 0 unspecified atom stereocenters. The molecule has 40 valence electrons. The van der Waals surface area contributed by atoms with Crippen LogP contribution in [0, 0.1) is 11.8 Å². The van der Waals surface area contributed by atoms with Crippen LogP contribution < -0.4 is 0 Å². The van der Waals surface area contributed by atoms with Crippen LogP contribution in [0.2, 0.25) is 0 Å². The molecule has 0 aliphatic rings. The fourth-order valence-corrected chi connectivity index (χ4v) is 0.170. The van der Waals surface area contributed by atoms with E-state index in [4.69, 9.17) is 0 Å². The first kappa shape index (κ1) is 6.64. The Morgan fingerprint density at radius 2 is 1.88 bits per heavy atom. The fraction of sp³-hybridized carbons (Fsp3) is 0. The standard InChI is InChI=1S/C6H4O2/c7-5-3-1-2-4-6-8/h1,3,5-6H. The van der Waals surface area contributed by atoms with Crippen LogP contribution in [-0.2, 0) is 9.59 Å². The number of allylic oxidation sites excluding steroid dienone is 2. The third-order valence-corrected chi connectivity index (χ3v) is 0.400. The lowest BCUT2D eigenvalue weighted by Gasteiger charge is -1.56. The minimum atomic E-state index is 0.467.